The zero-order chi connectivity index (χ0) is 26.0. The van der Waals surface area contributed by atoms with Crippen LogP contribution in [0.3, 0.4) is 0 Å². The standard InChI is InChI=1S/C27H37N3O5/c1-16(2)15-27(6,24(31)35-26(3,4)5)23(28)34-21-10-9-18(13-20(21)17-7-8-17)19-11-12-29-22(14-19)30-25(32)33/h9-14,16-17,23H,7-8,15,28H2,1-6H3,(H,29,30)(H,32,33). The molecule has 8 heteroatoms. The molecule has 1 heterocycles. The van der Waals surface area contributed by atoms with E-state index in [0.29, 0.717) is 18.1 Å². The van der Waals surface area contributed by atoms with Gasteiger partial charge >= 0.3 is 12.1 Å². The normalized spacial score (nSPS) is 16.3. The van der Waals surface area contributed by atoms with Crippen molar-refractivity contribution in [1.29, 1.82) is 0 Å². The van der Waals surface area contributed by atoms with Crippen LogP contribution in [0.5, 0.6) is 5.75 Å². The molecule has 1 saturated carbocycles. The van der Waals surface area contributed by atoms with Crippen LogP contribution in [0.25, 0.3) is 11.1 Å². The predicted octanol–water partition coefficient (Wildman–Crippen LogP) is 5.77. The number of hydrogen-bond donors (Lipinski definition) is 3. The van der Waals surface area contributed by atoms with Gasteiger partial charge in [0.1, 0.15) is 22.6 Å². The molecule has 2 atom stereocenters. The fourth-order valence-corrected chi connectivity index (χ4v) is 4.16. The summed E-state index contributed by atoms with van der Waals surface area (Å²) in [6.45, 7) is 11.4. The maximum atomic E-state index is 13.2. The Bertz CT molecular complexity index is 1070. The lowest BCUT2D eigenvalue weighted by molar-refractivity contribution is -0.174. The Kier molecular flexibility index (Phi) is 7.74. The van der Waals surface area contributed by atoms with Crippen molar-refractivity contribution in [3.8, 4) is 16.9 Å². The van der Waals surface area contributed by atoms with Gasteiger partial charge in [0.05, 0.1) is 0 Å². The Balaban J connectivity index is 1.90. The summed E-state index contributed by atoms with van der Waals surface area (Å²) >= 11 is 0. The third kappa shape index (κ3) is 6.94. The van der Waals surface area contributed by atoms with Crippen molar-refractivity contribution in [2.45, 2.75) is 78.6 Å². The minimum absolute atomic E-state index is 0.216. The molecule has 0 bridgehead atoms. The van der Waals surface area contributed by atoms with Crippen molar-refractivity contribution in [2.24, 2.45) is 17.1 Å². The van der Waals surface area contributed by atoms with Crippen molar-refractivity contribution in [1.82, 2.24) is 4.98 Å². The second-order valence-corrected chi connectivity index (χ2v) is 10.9. The number of carbonyl (C=O) groups excluding carboxylic acids is 1. The second kappa shape index (κ2) is 10.2. The number of nitrogens with one attached hydrogen (secondary N) is 1. The molecule has 4 N–H and O–H groups in total. The van der Waals surface area contributed by atoms with Crippen LogP contribution in [0.1, 0.15) is 72.3 Å². The highest BCUT2D eigenvalue weighted by molar-refractivity contribution is 5.83. The Morgan fingerprint density at radius 3 is 2.37 bits per heavy atom. The number of aromatic nitrogens is 1. The number of ether oxygens (including phenoxy) is 2. The van der Waals surface area contributed by atoms with Gasteiger partial charge in [-0.3, -0.25) is 15.8 Å². The van der Waals surface area contributed by atoms with E-state index in [-0.39, 0.29) is 17.7 Å². The minimum Gasteiger partial charge on any atom is -0.474 e. The van der Waals surface area contributed by atoms with Crippen LogP contribution >= 0.6 is 0 Å². The molecular weight excluding hydrogens is 446 g/mol. The molecule has 1 aliphatic rings. The number of carbonyl (C=O) groups is 2. The summed E-state index contributed by atoms with van der Waals surface area (Å²) in [6.07, 6.45) is 2.13. The number of anilines is 1. The number of pyridine rings is 1. The lowest BCUT2D eigenvalue weighted by Gasteiger charge is -2.37. The van der Waals surface area contributed by atoms with E-state index in [2.05, 4.69) is 10.3 Å². The molecule has 2 unspecified atom stereocenters. The molecule has 0 radical (unpaired) electrons. The average molecular weight is 484 g/mol. The van der Waals surface area contributed by atoms with Gasteiger partial charge in [0.2, 0.25) is 0 Å². The molecule has 190 valence electrons. The van der Waals surface area contributed by atoms with Crippen LogP contribution in [-0.2, 0) is 9.53 Å². The number of nitrogens with two attached hydrogens (primary N) is 1. The molecule has 1 fully saturated rings. The molecule has 1 amide bonds. The molecule has 0 aliphatic heterocycles. The van der Waals surface area contributed by atoms with Gasteiger partial charge in [0.15, 0.2) is 6.23 Å². The lowest BCUT2D eigenvalue weighted by Crippen LogP contribution is -2.52. The van der Waals surface area contributed by atoms with Crippen LogP contribution in [-0.4, -0.2) is 34.0 Å². The monoisotopic (exact) mass is 483 g/mol. The Morgan fingerprint density at radius 2 is 1.80 bits per heavy atom. The molecule has 2 aromatic rings. The van der Waals surface area contributed by atoms with E-state index >= 15 is 0 Å². The largest absolute Gasteiger partial charge is 0.474 e. The number of amides is 1. The molecule has 1 aromatic heterocycles. The summed E-state index contributed by atoms with van der Waals surface area (Å²) in [7, 11) is 0. The molecule has 0 spiro atoms. The Morgan fingerprint density at radius 1 is 1.14 bits per heavy atom. The summed E-state index contributed by atoms with van der Waals surface area (Å²) in [6, 6.07) is 9.34. The first-order valence-corrected chi connectivity index (χ1v) is 12.0. The zero-order valence-corrected chi connectivity index (χ0v) is 21.4. The van der Waals surface area contributed by atoms with E-state index < -0.39 is 23.3 Å². The third-order valence-corrected chi connectivity index (χ3v) is 5.93. The Hall–Kier alpha value is -3.13. The maximum absolute atomic E-state index is 13.2. The van der Waals surface area contributed by atoms with Crippen LogP contribution in [0.4, 0.5) is 10.6 Å². The Labute approximate surface area is 207 Å². The number of hydrogen-bond acceptors (Lipinski definition) is 6. The van der Waals surface area contributed by atoms with Crippen LogP contribution in [0, 0.1) is 11.3 Å². The van der Waals surface area contributed by atoms with Crippen molar-refractivity contribution >= 4 is 17.9 Å². The first-order chi connectivity index (χ1) is 16.3. The van der Waals surface area contributed by atoms with Crippen molar-refractivity contribution < 1.29 is 24.2 Å². The molecular formula is C27H37N3O5. The summed E-state index contributed by atoms with van der Waals surface area (Å²) in [5.74, 6) is 1.11. The highest BCUT2D eigenvalue weighted by Crippen LogP contribution is 2.46. The van der Waals surface area contributed by atoms with E-state index in [1.807, 2.05) is 65.8 Å². The highest BCUT2D eigenvalue weighted by Gasteiger charge is 2.45. The lowest BCUT2D eigenvalue weighted by atomic mass is 9.80. The van der Waals surface area contributed by atoms with Gasteiger partial charge in [-0.05, 0) is 99.7 Å². The van der Waals surface area contributed by atoms with E-state index in [0.717, 1.165) is 29.5 Å². The van der Waals surface area contributed by atoms with Gasteiger partial charge in [-0.1, -0.05) is 19.9 Å². The van der Waals surface area contributed by atoms with E-state index in [1.54, 1.807) is 12.3 Å². The van der Waals surface area contributed by atoms with E-state index in [1.165, 1.54) is 0 Å². The summed E-state index contributed by atoms with van der Waals surface area (Å²) in [4.78, 5) is 28.2. The zero-order valence-electron chi connectivity index (χ0n) is 21.4. The topological polar surface area (TPSA) is 124 Å². The summed E-state index contributed by atoms with van der Waals surface area (Å²) < 4.78 is 12.0. The van der Waals surface area contributed by atoms with Gasteiger partial charge in [0, 0.05) is 6.20 Å². The van der Waals surface area contributed by atoms with Gasteiger partial charge in [0.25, 0.3) is 0 Å². The number of carboxylic acid groups (broad SMARTS) is 1. The summed E-state index contributed by atoms with van der Waals surface area (Å²) in [5.41, 5.74) is 7.68. The van der Waals surface area contributed by atoms with E-state index in [4.69, 9.17) is 20.3 Å². The van der Waals surface area contributed by atoms with Crippen LogP contribution in [0.15, 0.2) is 36.5 Å². The first-order valence-electron chi connectivity index (χ1n) is 12.0. The third-order valence-electron chi connectivity index (χ3n) is 5.93. The average Bonchev–Trinajstić information content (AvgIpc) is 3.57. The van der Waals surface area contributed by atoms with Crippen molar-refractivity contribution in [3.05, 3.63) is 42.1 Å². The second-order valence-electron chi connectivity index (χ2n) is 10.9. The van der Waals surface area contributed by atoms with Gasteiger partial charge in [-0.15, -0.1) is 0 Å². The highest BCUT2D eigenvalue weighted by atomic mass is 16.6. The van der Waals surface area contributed by atoms with Gasteiger partial charge in [-0.25, -0.2) is 9.78 Å². The van der Waals surface area contributed by atoms with Crippen molar-refractivity contribution in [3.63, 3.8) is 0 Å². The molecule has 3 rings (SSSR count). The van der Waals surface area contributed by atoms with E-state index in [9.17, 15) is 9.59 Å². The first kappa shape index (κ1) is 26.5. The fraction of sp³-hybridized carbons (Fsp3) is 0.519. The molecule has 1 aromatic carbocycles. The number of benzene rings is 1. The number of rotatable bonds is 9. The smallest absolute Gasteiger partial charge is 0.410 e. The molecule has 8 nitrogen and oxygen atoms in total. The quantitative estimate of drug-likeness (QED) is 0.305. The maximum Gasteiger partial charge on any atom is 0.410 e. The van der Waals surface area contributed by atoms with Crippen molar-refractivity contribution in [2.75, 3.05) is 5.32 Å². The van der Waals surface area contributed by atoms with Gasteiger partial charge in [-0.2, -0.15) is 0 Å². The molecule has 1 aliphatic carbocycles. The van der Waals surface area contributed by atoms with Gasteiger partial charge < -0.3 is 14.6 Å². The molecule has 0 saturated heterocycles. The number of esters is 1. The molecule has 35 heavy (non-hydrogen) atoms. The fourth-order valence-electron chi connectivity index (χ4n) is 4.16. The summed E-state index contributed by atoms with van der Waals surface area (Å²) in [5, 5.41) is 11.3. The van der Waals surface area contributed by atoms with Crippen LogP contribution < -0.4 is 15.8 Å². The predicted molar refractivity (Wildman–Crippen MR) is 135 cm³/mol. The minimum atomic E-state index is -1.17. The van der Waals surface area contributed by atoms with Crippen LogP contribution in [0.2, 0.25) is 0 Å². The SMILES string of the molecule is CC(C)CC(C)(C(=O)OC(C)(C)C)C(N)Oc1ccc(-c2ccnc(NC(=O)O)c2)cc1C1CC1. The number of nitrogens with zero attached hydrogens (tertiary/aromatic N) is 1.